The molecule has 1 aromatic heterocycles. The number of hydrogen-bond donors (Lipinski definition) is 3. The molecule has 0 radical (unpaired) electrons. The number of rotatable bonds is 3. The molecule has 0 aliphatic heterocycles. The largest absolute Gasteiger partial charge is 0.383 e. The maximum Gasteiger partial charge on any atom is 0.256 e. The predicted molar refractivity (Wildman–Crippen MR) is 78.1 cm³/mol. The van der Waals surface area contributed by atoms with Gasteiger partial charge in [0.05, 0.1) is 6.20 Å². The van der Waals surface area contributed by atoms with Crippen molar-refractivity contribution in [1.29, 1.82) is 0 Å². The number of nitrogens with zero attached hydrogens (tertiary/aromatic N) is 1. The highest BCUT2D eigenvalue weighted by molar-refractivity contribution is 5.98. The molecule has 4 N–H and O–H groups in total. The lowest BCUT2D eigenvalue weighted by atomic mass is 10.0. The zero-order valence-corrected chi connectivity index (χ0v) is 10.8. The highest BCUT2D eigenvalue weighted by Crippen LogP contribution is 2.18. The lowest BCUT2D eigenvalue weighted by molar-refractivity contribution is 0.0952. The van der Waals surface area contributed by atoms with Gasteiger partial charge >= 0.3 is 0 Å². The number of benzene rings is 2. The molecule has 100 valence electrons. The fourth-order valence-electron chi connectivity index (χ4n) is 2.19. The Morgan fingerprint density at radius 2 is 2.00 bits per heavy atom. The summed E-state index contributed by atoms with van der Waals surface area (Å²) in [5.41, 5.74) is 7.06. The van der Waals surface area contributed by atoms with E-state index in [1.54, 1.807) is 0 Å². The van der Waals surface area contributed by atoms with Crippen LogP contribution in [0, 0.1) is 0 Å². The van der Waals surface area contributed by atoms with Crippen LogP contribution in [0.5, 0.6) is 0 Å². The van der Waals surface area contributed by atoms with E-state index in [9.17, 15) is 4.79 Å². The lowest BCUT2D eigenvalue weighted by Crippen LogP contribution is -2.23. The number of anilines is 1. The average molecular weight is 266 g/mol. The van der Waals surface area contributed by atoms with Crippen LogP contribution in [0.3, 0.4) is 0 Å². The van der Waals surface area contributed by atoms with Gasteiger partial charge in [0.25, 0.3) is 5.91 Å². The van der Waals surface area contributed by atoms with Gasteiger partial charge < -0.3 is 11.1 Å². The van der Waals surface area contributed by atoms with Crippen LogP contribution in [0.15, 0.2) is 48.7 Å². The summed E-state index contributed by atoms with van der Waals surface area (Å²) in [7, 11) is 0. The van der Waals surface area contributed by atoms with Crippen molar-refractivity contribution in [2.45, 2.75) is 6.54 Å². The molecular weight excluding hydrogens is 252 g/mol. The Morgan fingerprint density at radius 3 is 2.80 bits per heavy atom. The van der Waals surface area contributed by atoms with E-state index in [0.717, 1.165) is 16.3 Å². The molecule has 0 saturated carbocycles. The number of amides is 1. The van der Waals surface area contributed by atoms with E-state index in [0.29, 0.717) is 12.1 Å². The zero-order chi connectivity index (χ0) is 13.9. The Kier molecular flexibility index (Phi) is 3.09. The van der Waals surface area contributed by atoms with E-state index in [1.165, 1.54) is 6.20 Å². The van der Waals surface area contributed by atoms with E-state index in [2.05, 4.69) is 27.6 Å². The minimum Gasteiger partial charge on any atom is -0.383 e. The van der Waals surface area contributed by atoms with Crippen LogP contribution in [-0.2, 0) is 6.54 Å². The fourth-order valence-corrected chi connectivity index (χ4v) is 2.19. The van der Waals surface area contributed by atoms with Crippen LogP contribution in [0.25, 0.3) is 10.8 Å². The average Bonchev–Trinajstić information content (AvgIpc) is 2.91. The summed E-state index contributed by atoms with van der Waals surface area (Å²) in [4.78, 5) is 12.0. The van der Waals surface area contributed by atoms with Crippen molar-refractivity contribution in [3.63, 3.8) is 0 Å². The van der Waals surface area contributed by atoms with Crippen molar-refractivity contribution < 1.29 is 4.79 Å². The highest BCUT2D eigenvalue weighted by Gasteiger charge is 2.11. The first-order chi connectivity index (χ1) is 9.75. The van der Waals surface area contributed by atoms with E-state index >= 15 is 0 Å². The van der Waals surface area contributed by atoms with E-state index < -0.39 is 0 Å². The third-order valence-electron chi connectivity index (χ3n) is 3.23. The summed E-state index contributed by atoms with van der Waals surface area (Å²) < 4.78 is 0. The van der Waals surface area contributed by atoms with Crippen molar-refractivity contribution >= 4 is 22.5 Å². The molecule has 0 atom stereocenters. The van der Waals surface area contributed by atoms with Crippen molar-refractivity contribution in [3.8, 4) is 0 Å². The van der Waals surface area contributed by atoms with Gasteiger partial charge in [-0.05, 0) is 16.3 Å². The maximum atomic E-state index is 12.0. The second-order valence-corrected chi connectivity index (χ2v) is 4.52. The number of fused-ring (bicyclic) bond motifs is 1. The van der Waals surface area contributed by atoms with E-state index in [4.69, 9.17) is 5.73 Å². The summed E-state index contributed by atoms with van der Waals surface area (Å²) in [5.74, 6) is 0.0459. The molecule has 1 amide bonds. The molecule has 20 heavy (non-hydrogen) atoms. The molecule has 0 aliphatic carbocycles. The Hall–Kier alpha value is -2.82. The molecule has 0 saturated heterocycles. The summed E-state index contributed by atoms with van der Waals surface area (Å²) in [6.07, 6.45) is 1.42. The van der Waals surface area contributed by atoms with Crippen LogP contribution in [0.1, 0.15) is 15.9 Å². The molecule has 3 aromatic rings. The molecule has 0 fully saturated rings. The minimum atomic E-state index is -0.232. The van der Waals surface area contributed by atoms with Crippen molar-refractivity contribution in [2.24, 2.45) is 0 Å². The SMILES string of the molecule is Nc1[nH]ncc1C(=O)NCc1cccc2ccccc12. The smallest absolute Gasteiger partial charge is 0.256 e. The third-order valence-corrected chi connectivity index (χ3v) is 3.23. The van der Waals surface area contributed by atoms with Crippen LogP contribution in [0.4, 0.5) is 5.82 Å². The maximum absolute atomic E-state index is 12.0. The summed E-state index contributed by atoms with van der Waals surface area (Å²) in [5, 5.41) is 11.4. The van der Waals surface area contributed by atoms with Gasteiger partial charge in [0.2, 0.25) is 0 Å². The van der Waals surface area contributed by atoms with Gasteiger partial charge in [0, 0.05) is 6.54 Å². The molecule has 5 heteroatoms. The Morgan fingerprint density at radius 1 is 1.20 bits per heavy atom. The first-order valence-electron chi connectivity index (χ1n) is 6.29. The molecular formula is C15H14N4O. The lowest BCUT2D eigenvalue weighted by Gasteiger charge is -2.08. The van der Waals surface area contributed by atoms with Crippen LogP contribution in [0.2, 0.25) is 0 Å². The topological polar surface area (TPSA) is 83.8 Å². The summed E-state index contributed by atoms with van der Waals surface area (Å²) in [6.45, 7) is 0.449. The number of H-pyrrole nitrogens is 1. The van der Waals surface area contributed by atoms with Gasteiger partial charge in [-0.1, -0.05) is 42.5 Å². The number of aromatic nitrogens is 2. The van der Waals surface area contributed by atoms with E-state index in [1.807, 2.05) is 30.3 Å². The quantitative estimate of drug-likeness (QED) is 0.678. The predicted octanol–water partition coefficient (Wildman–Crippen LogP) is 2.08. The summed E-state index contributed by atoms with van der Waals surface area (Å²) in [6, 6.07) is 14.1. The second kappa shape index (κ2) is 5.05. The molecule has 3 rings (SSSR count). The number of carbonyl (C=O) groups is 1. The van der Waals surface area contributed by atoms with Gasteiger partial charge in [-0.25, -0.2) is 0 Å². The number of hydrogen-bond acceptors (Lipinski definition) is 3. The first-order valence-corrected chi connectivity index (χ1v) is 6.29. The summed E-state index contributed by atoms with van der Waals surface area (Å²) >= 11 is 0. The minimum absolute atomic E-state index is 0.232. The van der Waals surface area contributed by atoms with Crippen molar-refractivity contribution in [2.75, 3.05) is 5.73 Å². The van der Waals surface area contributed by atoms with Gasteiger partial charge in [-0.2, -0.15) is 5.10 Å². The van der Waals surface area contributed by atoms with Crippen LogP contribution >= 0.6 is 0 Å². The molecule has 0 bridgehead atoms. The molecule has 2 aromatic carbocycles. The molecule has 0 spiro atoms. The number of nitrogen functional groups attached to an aromatic ring is 1. The standard InChI is InChI=1S/C15H14N4O/c16-14-13(9-18-19-14)15(20)17-8-11-6-3-5-10-4-1-2-7-12(10)11/h1-7,9H,8H2,(H,17,20)(H3,16,18,19). The third kappa shape index (κ3) is 2.21. The Bertz CT molecular complexity index is 758. The Balaban J connectivity index is 1.81. The number of carbonyl (C=O) groups excluding carboxylic acids is 1. The number of aromatic amines is 1. The monoisotopic (exact) mass is 266 g/mol. The van der Waals surface area contributed by atoms with Gasteiger partial charge in [-0.15, -0.1) is 0 Å². The van der Waals surface area contributed by atoms with Crippen molar-refractivity contribution in [3.05, 3.63) is 59.8 Å². The van der Waals surface area contributed by atoms with Crippen LogP contribution < -0.4 is 11.1 Å². The zero-order valence-electron chi connectivity index (χ0n) is 10.8. The van der Waals surface area contributed by atoms with E-state index in [-0.39, 0.29) is 11.7 Å². The fraction of sp³-hybridized carbons (Fsp3) is 0.0667. The van der Waals surface area contributed by atoms with Crippen LogP contribution in [-0.4, -0.2) is 16.1 Å². The molecule has 0 unspecified atom stereocenters. The number of nitrogens with two attached hydrogens (primary N) is 1. The highest BCUT2D eigenvalue weighted by atomic mass is 16.1. The molecule has 0 aliphatic rings. The second-order valence-electron chi connectivity index (χ2n) is 4.52. The Labute approximate surface area is 115 Å². The number of nitrogens with one attached hydrogen (secondary N) is 2. The first kappa shape index (κ1) is 12.2. The van der Waals surface area contributed by atoms with Gasteiger partial charge in [0.1, 0.15) is 11.4 Å². The van der Waals surface area contributed by atoms with Gasteiger partial charge in [-0.3, -0.25) is 9.89 Å². The molecule has 1 heterocycles. The normalized spacial score (nSPS) is 10.6. The van der Waals surface area contributed by atoms with Gasteiger partial charge in [0.15, 0.2) is 0 Å². The van der Waals surface area contributed by atoms with Crippen molar-refractivity contribution in [1.82, 2.24) is 15.5 Å². The molecule has 5 nitrogen and oxygen atoms in total.